The molecule has 0 aliphatic heterocycles. The van der Waals surface area contributed by atoms with Gasteiger partial charge in [0.25, 0.3) is 0 Å². The highest BCUT2D eigenvalue weighted by molar-refractivity contribution is 5.69. The number of rotatable bonds is 3. The van der Waals surface area contributed by atoms with E-state index in [9.17, 15) is 9.18 Å². The van der Waals surface area contributed by atoms with Crippen molar-refractivity contribution in [2.45, 2.75) is 6.42 Å². The molecule has 82 valence electrons. The lowest BCUT2D eigenvalue weighted by Gasteiger charge is -2.04. The van der Waals surface area contributed by atoms with Gasteiger partial charge in [-0.3, -0.25) is 4.79 Å². The molecule has 1 heterocycles. The first kappa shape index (κ1) is 10.3. The van der Waals surface area contributed by atoms with Crippen molar-refractivity contribution in [3.05, 3.63) is 42.2 Å². The molecule has 0 radical (unpaired) electrons. The van der Waals surface area contributed by atoms with Crippen LogP contribution >= 0.6 is 0 Å². The van der Waals surface area contributed by atoms with Crippen molar-refractivity contribution >= 4 is 5.97 Å². The fraction of sp³-hybridized carbons (Fsp3) is 0.100. The van der Waals surface area contributed by atoms with E-state index >= 15 is 0 Å². The number of para-hydroxylation sites is 1. The van der Waals surface area contributed by atoms with E-state index in [4.69, 9.17) is 5.11 Å². The van der Waals surface area contributed by atoms with E-state index in [2.05, 4.69) is 10.1 Å². The molecule has 0 aliphatic rings. The Morgan fingerprint density at radius 3 is 2.88 bits per heavy atom. The fourth-order valence-electron chi connectivity index (χ4n) is 1.35. The molecular formula is C10H8FN3O2. The van der Waals surface area contributed by atoms with Crippen molar-refractivity contribution in [3.8, 4) is 5.69 Å². The molecule has 0 unspecified atom stereocenters. The van der Waals surface area contributed by atoms with E-state index < -0.39 is 11.8 Å². The molecule has 6 heteroatoms. The summed E-state index contributed by atoms with van der Waals surface area (Å²) in [7, 11) is 0. The second-order valence-corrected chi connectivity index (χ2v) is 3.11. The average molecular weight is 221 g/mol. The smallest absolute Gasteiger partial charge is 0.311 e. The van der Waals surface area contributed by atoms with Crippen LogP contribution in [0.5, 0.6) is 0 Å². The monoisotopic (exact) mass is 221 g/mol. The van der Waals surface area contributed by atoms with Crippen LogP contribution in [0.3, 0.4) is 0 Å². The molecule has 0 amide bonds. The fourth-order valence-corrected chi connectivity index (χ4v) is 1.35. The number of benzene rings is 1. The standard InChI is InChI=1S/C10H8FN3O2/c11-7-3-1-2-4-8(7)14-9(5-10(15)16)12-6-13-14/h1-4,6H,5H2,(H,15,16). The Labute approximate surface area is 90.2 Å². The van der Waals surface area contributed by atoms with Gasteiger partial charge >= 0.3 is 5.97 Å². The summed E-state index contributed by atoms with van der Waals surface area (Å²) in [6.45, 7) is 0. The predicted molar refractivity (Wildman–Crippen MR) is 52.7 cm³/mol. The first-order chi connectivity index (χ1) is 7.68. The number of carboxylic acids is 1. The second kappa shape index (κ2) is 4.09. The molecule has 0 spiro atoms. The third-order valence-electron chi connectivity index (χ3n) is 2.01. The lowest BCUT2D eigenvalue weighted by Crippen LogP contribution is -2.10. The number of aromatic nitrogens is 3. The third-order valence-corrected chi connectivity index (χ3v) is 2.01. The van der Waals surface area contributed by atoms with Crippen molar-refractivity contribution in [2.24, 2.45) is 0 Å². The van der Waals surface area contributed by atoms with Crippen LogP contribution in [0, 0.1) is 5.82 Å². The minimum absolute atomic E-state index is 0.191. The van der Waals surface area contributed by atoms with Crippen LogP contribution in [-0.2, 0) is 11.2 Å². The molecule has 1 aromatic carbocycles. The molecule has 0 saturated heterocycles. The van der Waals surface area contributed by atoms with Crippen molar-refractivity contribution in [1.29, 1.82) is 0 Å². The van der Waals surface area contributed by atoms with Crippen LogP contribution in [0.25, 0.3) is 5.69 Å². The Bertz CT molecular complexity index is 524. The normalized spacial score (nSPS) is 10.3. The molecule has 0 atom stereocenters. The maximum atomic E-state index is 13.4. The van der Waals surface area contributed by atoms with Gasteiger partial charge in [-0.2, -0.15) is 5.10 Å². The number of aliphatic carboxylic acids is 1. The number of halogens is 1. The summed E-state index contributed by atoms with van der Waals surface area (Å²) in [5.74, 6) is -1.32. The van der Waals surface area contributed by atoms with Crippen LogP contribution in [-0.4, -0.2) is 25.8 Å². The van der Waals surface area contributed by atoms with Crippen molar-refractivity contribution < 1.29 is 14.3 Å². The minimum Gasteiger partial charge on any atom is -0.481 e. The van der Waals surface area contributed by atoms with E-state index in [1.165, 1.54) is 23.1 Å². The Hall–Kier alpha value is -2.24. The van der Waals surface area contributed by atoms with Crippen LogP contribution in [0.2, 0.25) is 0 Å². The molecule has 1 N–H and O–H groups in total. The van der Waals surface area contributed by atoms with Gasteiger partial charge in [0.15, 0.2) is 0 Å². The van der Waals surface area contributed by atoms with Gasteiger partial charge < -0.3 is 5.11 Å². The summed E-state index contributed by atoms with van der Waals surface area (Å²) < 4.78 is 14.6. The van der Waals surface area contributed by atoms with Crippen LogP contribution in [0.4, 0.5) is 4.39 Å². The number of nitrogens with zero attached hydrogens (tertiary/aromatic N) is 3. The molecule has 0 saturated carbocycles. The molecule has 0 fully saturated rings. The molecule has 0 aliphatic carbocycles. The first-order valence-electron chi connectivity index (χ1n) is 4.54. The summed E-state index contributed by atoms with van der Waals surface area (Å²) in [6.07, 6.45) is 0.902. The second-order valence-electron chi connectivity index (χ2n) is 3.11. The first-order valence-corrected chi connectivity index (χ1v) is 4.54. The van der Waals surface area contributed by atoms with Gasteiger partial charge in [-0.05, 0) is 12.1 Å². The zero-order valence-electron chi connectivity index (χ0n) is 8.17. The summed E-state index contributed by atoms with van der Waals surface area (Å²) in [6, 6.07) is 5.98. The molecule has 0 bridgehead atoms. The molecule has 1 aromatic heterocycles. The van der Waals surface area contributed by atoms with Gasteiger partial charge in [-0.25, -0.2) is 14.1 Å². The highest BCUT2D eigenvalue weighted by atomic mass is 19.1. The topological polar surface area (TPSA) is 68.0 Å². The average Bonchev–Trinajstić information content (AvgIpc) is 2.66. The van der Waals surface area contributed by atoms with Crippen LogP contribution in [0.15, 0.2) is 30.6 Å². The maximum absolute atomic E-state index is 13.4. The SMILES string of the molecule is O=C(O)Cc1ncnn1-c1ccccc1F. The minimum atomic E-state index is -1.04. The molecule has 5 nitrogen and oxygen atoms in total. The summed E-state index contributed by atoms with van der Waals surface area (Å²) in [5.41, 5.74) is 0.191. The zero-order chi connectivity index (χ0) is 11.5. The van der Waals surface area contributed by atoms with E-state index in [-0.39, 0.29) is 17.9 Å². The third kappa shape index (κ3) is 1.90. The Morgan fingerprint density at radius 2 is 2.19 bits per heavy atom. The van der Waals surface area contributed by atoms with Crippen molar-refractivity contribution in [3.63, 3.8) is 0 Å². The maximum Gasteiger partial charge on any atom is 0.311 e. The van der Waals surface area contributed by atoms with Gasteiger partial charge in [-0.1, -0.05) is 12.1 Å². The highest BCUT2D eigenvalue weighted by Crippen LogP contribution is 2.13. The van der Waals surface area contributed by atoms with E-state index in [0.29, 0.717) is 0 Å². The Balaban J connectivity index is 2.45. The quantitative estimate of drug-likeness (QED) is 0.840. The highest BCUT2D eigenvalue weighted by Gasteiger charge is 2.12. The molecule has 2 aromatic rings. The molecule has 16 heavy (non-hydrogen) atoms. The van der Waals surface area contributed by atoms with Crippen molar-refractivity contribution in [1.82, 2.24) is 14.8 Å². The predicted octanol–water partition coefficient (Wildman–Crippen LogP) is 1.03. The van der Waals surface area contributed by atoms with Gasteiger partial charge in [0.2, 0.25) is 0 Å². The van der Waals surface area contributed by atoms with E-state index in [1.807, 2.05) is 0 Å². The lowest BCUT2D eigenvalue weighted by molar-refractivity contribution is -0.136. The van der Waals surface area contributed by atoms with Gasteiger partial charge in [0.1, 0.15) is 30.1 Å². The Kier molecular flexibility index (Phi) is 2.63. The zero-order valence-corrected chi connectivity index (χ0v) is 8.17. The van der Waals surface area contributed by atoms with Crippen LogP contribution < -0.4 is 0 Å². The molecule has 2 rings (SSSR count). The van der Waals surface area contributed by atoms with Gasteiger partial charge in [0, 0.05) is 0 Å². The summed E-state index contributed by atoms with van der Waals surface area (Å²) >= 11 is 0. The summed E-state index contributed by atoms with van der Waals surface area (Å²) in [5, 5.41) is 12.5. The largest absolute Gasteiger partial charge is 0.481 e. The lowest BCUT2D eigenvalue weighted by atomic mass is 10.3. The van der Waals surface area contributed by atoms with E-state index in [0.717, 1.165) is 0 Å². The van der Waals surface area contributed by atoms with Gasteiger partial charge in [-0.15, -0.1) is 0 Å². The number of hydrogen-bond acceptors (Lipinski definition) is 3. The number of hydrogen-bond donors (Lipinski definition) is 1. The van der Waals surface area contributed by atoms with Gasteiger partial charge in [0.05, 0.1) is 0 Å². The number of carboxylic acid groups (broad SMARTS) is 1. The van der Waals surface area contributed by atoms with Crippen LogP contribution in [0.1, 0.15) is 5.82 Å². The Morgan fingerprint density at radius 1 is 1.44 bits per heavy atom. The van der Waals surface area contributed by atoms with E-state index in [1.54, 1.807) is 12.1 Å². The summed E-state index contributed by atoms with van der Waals surface area (Å²) in [4.78, 5) is 14.3. The van der Waals surface area contributed by atoms with Crippen molar-refractivity contribution in [2.75, 3.05) is 0 Å². The molecular weight excluding hydrogens is 213 g/mol. The number of carbonyl (C=O) groups is 1.